The van der Waals surface area contributed by atoms with Gasteiger partial charge in [-0.2, -0.15) is 0 Å². The fraction of sp³-hybridized carbons (Fsp3) is 0.350. The Bertz CT molecular complexity index is 657. The summed E-state index contributed by atoms with van der Waals surface area (Å²) in [5.41, 5.74) is 3.40. The third kappa shape index (κ3) is 3.56. The van der Waals surface area contributed by atoms with Gasteiger partial charge in [-0.25, -0.2) is 0 Å². The molecule has 114 valence electrons. The molecule has 0 unspecified atom stereocenters. The molecule has 0 amide bonds. The van der Waals surface area contributed by atoms with Crippen LogP contribution in [0.25, 0.3) is 6.08 Å². The van der Waals surface area contributed by atoms with Crippen molar-refractivity contribution in [3.05, 3.63) is 63.4 Å². The Morgan fingerprint density at radius 2 is 1.82 bits per heavy atom. The molecule has 1 fully saturated rings. The van der Waals surface area contributed by atoms with E-state index in [0.717, 1.165) is 10.4 Å². The lowest BCUT2D eigenvalue weighted by atomic mass is 9.84. The second-order valence-corrected chi connectivity index (χ2v) is 7.07. The van der Waals surface area contributed by atoms with Crippen molar-refractivity contribution >= 4 is 23.2 Å². The van der Waals surface area contributed by atoms with Crippen LogP contribution in [0.15, 0.2) is 41.8 Å². The van der Waals surface area contributed by atoms with Gasteiger partial charge in [-0.3, -0.25) is 4.79 Å². The van der Waals surface area contributed by atoms with Crippen molar-refractivity contribution in [2.75, 3.05) is 0 Å². The first-order chi connectivity index (χ1) is 10.7. The van der Waals surface area contributed by atoms with E-state index in [2.05, 4.69) is 30.5 Å². The number of aryl methyl sites for hydroxylation is 1. The van der Waals surface area contributed by atoms with Crippen molar-refractivity contribution in [2.24, 2.45) is 0 Å². The van der Waals surface area contributed by atoms with Crippen molar-refractivity contribution in [2.45, 2.75) is 44.9 Å². The predicted octanol–water partition coefficient (Wildman–Crippen LogP) is 6.00. The zero-order chi connectivity index (χ0) is 15.4. The molecule has 22 heavy (non-hydrogen) atoms. The maximum absolute atomic E-state index is 12.3. The van der Waals surface area contributed by atoms with Gasteiger partial charge >= 0.3 is 0 Å². The Balaban J connectivity index is 1.68. The number of benzene rings is 1. The molecule has 1 aromatic carbocycles. The number of rotatable bonds is 4. The molecule has 0 spiro atoms. The van der Waals surface area contributed by atoms with Crippen molar-refractivity contribution in [3.63, 3.8) is 0 Å². The van der Waals surface area contributed by atoms with Gasteiger partial charge in [0, 0.05) is 10.4 Å². The summed E-state index contributed by atoms with van der Waals surface area (Å²) in [6.45, 7) is 2.07. The molecule has 1 nitrogen and oxygen atoms in total. The van der Waals surface area contributed by atoms with Gasteiger partial charge in [-0.05, 0) is 60.4 Å². The lowest BCUT2D eigenvalue weighted by Gasteiger charge is -2.21. The highest BCUT2D eigenvalue weighted by Gasteiger charge is 2.15. The summed E-state index contributed by atoms with van der Waals surface area (Å²) in [4.78, 5) is 13.4. The summed E-state index contributed by atoms with van der Waals surface area (Å²) in [6.07, 6.45) is 10.3. The molecule has 3 rings (SSSR count). The van der Waals surface area contributed by atoms with Crippen molar-refractivity contribution < 1.29 is 4.79 Å². The van der Waals surface area contributed by atoms with Crippen LogP contribution in [0.3, 0.4) is 0 Å². The van der Waals surface area contributed by atoms with E-state index in [4.69, 9.17) is 0 Å². The van der Waals surface area contributed by atoms with Crippen molar-refractivity contribution in [1.82, 2.24) is 0 Å². The highest BCUT2D eigenvalue weighted by molar-refractivity contribution is 7.11. The van der Waals surface area contributed by atoms with E-state index in [9.17, 15) is 4.79 Å². The first-order valence-corrected chi connectivity index (χ1v) is 8.98. The molecule has 0 aliphatic heterocycles. The molecule has 0 atom stereocenters. The number of hydrogen-bond donors (Lipinski definition) is 0. The maximum atomic E-state index is 12.3. The molecule has 2 aromatic rings. The van der Waals surface area contributed by atoms with E-state index in [1.54, 1.807) is 17.4 Å². The number of carbonyl (C=O) groups excluding carboxylic acids is 1. The van der Waals surface area contributed by atoms with Crippen LogP contribution in [0.4, 0.5) is 0 Å². The Morgan fingerprint density at radius 1 is 1.09 bits per heavy atom. The van der Waals surface area contributed by atoms with E-state index in [1.165, 1.54) is 43.2 Å². The highest BCUT2D eigenvalue weighted by atomic mass is 32.1. The zero-order valence-corrected chi connectivity index (χ0v) is 13.9. The first-order valence-electron chi connectivity index (χ1n) is 8.10. The minimum Gasteiger partial charge on any atom is -0.289 e. The zero-order valence-electron chi connectivity index (χ0n) is 13.0. The average molecular weight is 310 g/mol. The van der Waals surface area contributed by atoms with Crippen LogP contribution < -0.4 is 0 Å². The minimum atomic E-state index is 0.0861. The smallest absolute Gasteiger partial charge is 0.185 e. The number of thiophene rings is 1. The summed E-state index contributed by atoms with van der Waals surface area (Å²) in [5, 5.41) is 2.05. The summed E-state index contributed by atoms with van der Waals surface area (Å²) >= 11 is 1.67. The monoisotopic (exact) mass is 310 g/mol. The topological polar surface area (TPSA) is 17.1 Å². The van der Waals surface area contributed by atoms with Crippen molar-refractivity contribution in [1.29, 1.82) is 0 Å². The van der Waals surface area contributed by atoms with Gasteiger partial charge in [0.05, 0.1) is 0 Å². The summed E-state index contributed by atoms with van der Waals surface area (Å²) < 4.78 is 0. The van der Waals surface area contributed by atoms with Gasteiger partial charge in [0.25, 0.3) is 0 Å². The van der Waals surface area contributed by atoms with E-state index in [0.29, 0.717) is 5.92 Å². The van der Waals surface area contributed by atoms with Gasteiger partial charge in [0.2, 0.25) is 0 Å². The van der Waals surface area contributed by atoms with Gasteiger partial charge in [0.15, 0.2) is 5.78 Å². The Labute approximate surface area is 136 Å². The average Bonchev–Trinajstić information content (AvgIpc) is 2.99. The molecular weight excluding hydrogens is 288 g/mol. The van der Waals surface area contributed by atoms with Crippen molar-refractivity contribution in [3.8, 4) is 0 Å². The first kappa shape index (κ1) is 15.2. The molecule has 2 heteroatoms. The third-order valence-corrected chi connectivity index (χ3v) is 5.54. The molecule has 1 saturated carbocycles. The number of carbonyl (C=O) groups is 1. The lowest BCUT2D eigenvalue weighted by Crippen LogP contribution is -2.04. The fourth-order valence-electron chi connectivity index (χ4n) is 3.16. The molecule has 1 aromatic heterocycles. The normalized spacial score (nSPS) is 16.2. The van der Waals surface area contributed by atoms with Crippen LogP contribution in [-0.2, 0) is 0 Å². The Kier molecular flexibility index (Phi) is 4.89. The summed E-state index contributed by atoms with van der Waals surface area (Å²) in [6, 6.07) is 10.3. The lowest BCUT2D eigenvalue weighted by molar-refractivity contribution is 0.104. The van der Waals surface area contributed by atoms with Gasteiger partial charge in [-0.15, -0.1) is 11.3 Å². The van der Waals surface area contributed by atoms with E-state index < -0.39 is 0 Å². The summed E-state index contributed by atoms with van der Waals surface area (Å²) in [7, 11) is 0. The Hall–Kier alpha value is -1.67. The predicted molar refractivity (Wildman–Crippen MR) is 94.7 cm³/mol. The number of ketones is 1. The van der Waals surface area contributed by atoms with E-state index in [1.807, 2.05) is 18.2 Å². The maximum Gasteiger partial charge on any atom is 0.185 e. The molecule has 0 bridgehead atoms. The standard InChI is InChI=1S/C20H22OS/c1-15-13-14-22-20(15)12-11-19(21)18-9-7-17(8-10-18)16-5-3-2-4-6-16/h7-14,16H,2-6H2,1H3/b12-11+. The molecule has 0 radical (unpaired) electrons. The molecule has 1 heterocycles. The molecular formula is C20H22OS. The van der Waals surface area contributed by atoms with Crippen LogP contribution in [-0.4, -0.2) is 5.78 Å². The van der Waals surface area contributed by atoms with Gasteiger partial charge in [-0.1, -0.05) is 43.5 Å². The van der Waals surface area contributed by atoms with E-state index in [-0.39, 0.29) is 5.78 Å². The van der Waals surface area contributed by atoms with Crippen LogP contribution in [0.5, 0.6) is 0 Å². The fourth-order valence-corrected chi connectivity index (χ4v) is 3.98. The summed E-state index contributed by atoms with van der Waals surface area (Å²) in [5.74, 6) is 0.783. The van der Waals surface area contributed by atoms with Crippen LogP contribution in [0.2, 0.25) is 0 Å². The minimum absolute atomic E-state index is 0.0861. The quantitative estimate of drug-likeness (QED) is 0.500. The second kappa shape index (κ2) is 7.06. The second-order valence-electron chi connectivity index (χ2n) is 6.12. The van der Waals surface area contributed by atoms with Gasteiger partial charge < -0.3 is 0 Å². The number of allylic oxidation sites excluding steroid dienone is 1. The largest absolute Gasteiger partial charge is 0.289 e. The Morgan fingerprint density at radius 3 is 2.45 bits per heavy atom. The highest BCUT2D eigenvalue weighted by Crippen LogP contribution is 2.32. The third-order valence-electron chi connectivity index (χ3n) is 4.56. The molecule has 0 N–H and O–H groups in total. The van der Waals surface area contributed by atoms with Crippen LogP contribution >= 0.6 is 11.3 Å². The number of hydrogen-bond acceptors (Lipinski definition) is 2. The van der Waals surface area contributed by atoms with Crippen LogP contribution in [0.1, 0.15) is 64.4 Å². The van der Waals surface area contributed by atoms with E-state index >= 15 is 0 Å². The molecule has 0 saturated heterocycles. The molecule has 1 aliphatic carbocycles. The van der Waals surface area contributed by atoms with Crippen LogP contribution in [0, 0.1) is 6.92 Å². The molecule has 1 aliphatic rings. The SMILES string of the molecule is Cc1ccsc1/C=C/C(=O)c1ccc(C2CCCCC2)cc1. The van der Waals surface area contributed by atoms with Gasteiger partial charge in [0.1, 0.15) is 0 Å².